The van der Waals surface area contributed by atoms with Gasteiger partial charge in [-0.2, -0.15) is 0 Å². The van der Waals surface area contributed by atoms with Crippen molar-refractivity contribution < 1.29 is 24.1 Å². The molecule has 2 fully saturated rings. The molecule has 0 spiro atoms. The lowest BCUT2D eigenvalue weighted by Gasteiger charge is -2.29. The van der Waals surface area contributed by atoms with Crippen LogP contribution >= 0.6 is 0 Å². The zero-order chi connectivity index (χ0) is 13.2. The number of aliphatic hydroxyl groups is 1. The van der Waals surface area contributed by atoms with E-state index < -0.39 is 18.5 Å². The van der Waals surface area contributed by atoms with E-state index in [1.54, 1.807) is 7.11 Å². The van der Waals surface area contributed by atoms with E-state index in [-0.39, 0.29) is 12.2 Å². The number of fused-ring (bicyclic) bond motifs is 1. The van der Waals surface area contributed by atoms with Gasteiger partial charge in [0, 0.05) is 7.11 Å². The molecule has 19 heavy (non-hydrogen) atoms. The Morgan fingerprint density at radius 1 is 1.16 bits per heavy atom. The summed E-state index contributed by atoms with van der Waals surface area (Å²) in [6, 6.07) is 9.89. The summed E-state index contributed by atoms with van der Waals surface area (Å²) < 4.78 is 21.7. The largest absolute Gasteiger partial charge is 0.387 e. The molecule has 3 rings (SSSR count). The lowest BCUT2D eigenvalue weighted by molar-refractivity contribution is -0.212. The summed E-state index contributed by atoms with van der Waals surface area (Å²) in [4.78, 5) is 0. The highest BCUT2D eigenvalue weighted by atomic mass is 16.7. The van der Waals surface area contributed by atoms with Crippen molar-refractivity contribution >= 4 is 0 Å². The Kier molecular flexibility index (Phi) is 3.81. The number of aliphatic hydroxyl groups excluding tert-OH is 1. The first-order valence-electron chi connectivity index (χ1n) is 6.43. The molecule has 0 aliphatic carbocycles. The van der Waals surface area contributed by atoms with E-state index >= 15 is 0 Å². The van der Waals surface area contributed by atoms with Crippen molar-refractivity contribution in [2.75, 3.05) is 13.7 Å². The molecule has 104 valence electrons. The average molecular weight is 266 g/mol. The highest BCUT2D eigenvalue weighted by Gasteiger charge is 2.57. The quantitative estimate of drug-likeness (QED) is 0.795. The summed E-state index contributed by atoms with van der Waals surface area (Å²) in [6.45, 7) is 0.822. The summed E-state index contributed by atoms with van der Waals surface area (Å²) in [5, 5.41) is 10.0. The number of rotatable bonds is 5. The van der Waals surface area contributed by atoms with Gasteiger partial charge in [0.05, 0.1) is 13.2 Å². The zero-order valence-corrected chi connectivity index (χ0v) is 10.8. The van der Waals surface area contributed by atoms with Crippen LogP contribution in [0.5, 0.6) is 0 Å². The average Bonchev–Trinajstić information content (AvgIpc) is 3.23. The van der Waals surface area contributed by atoms with Gasteiger partial charge in [0.25, 0.3) is 0 Å². The van der Waals surface area contributed by atoms with E-state index in [1.807, 2.05) is 30.3 Å². The molecule has 5 atom stereocenters. The van der Waals surface area contributed by atoms with Gasteiger partial charge in [-0.25, -0.2) is 0 Å². The normalized spacial score (nSPS) is 36.8. The molecule has 2 aliphatic rings. The van der Waals surface area contributed by atoms with Gasteiger partial charge in [-0.3, -0.25) is 0 Å². The van der Waals surface area contributed by atoms with Crippen LogP contribution in [0.25, 0.3) is 0 Å². The van der Waals surface area contributed by atoms with Crippen LogP contribution in [0.15, 0.2) is 30.3 Å². The first kappa shape index (κ1) is 13.0. The molecule has 0 saturated carbocycles. The molecule has 0 unspecified atom stereocenters. The van der Waals surface area contributed by atoms with Crippen molar-refractivity contribution in [3.05, 3.63) is 35.9 Å². The molecule has 2 heterocycles. The monoisotopic (exact) mass is 266 g/mol. The predicted molar refractivity (Wildman–Crippen MR) is 66.4 cm³/mol. The Bertz CT molecular complexity index is 410. The molecule has 5 heteroatoms. The molecular formula is C14H18O5. The van der Waals surface area contributed by atoms with Crippen molar-refractivity contribution in [1.82, 2.24) is 0 Å². The zero-order valence-electron chi connectivity index (χ0n) is 10.8. The van der Waals surface area contributed by atoms with Crippen LogP contribution in [0.2, 0.25) is 0 Å². The van der Waals surface area contributed by atoms with E-state index in [4.69, 9.17) is 18.9 Å². The number of benzene rings is 1. The fourth-order valence-corrected chi connectivity index (χ4v) is 2.37. The van der Waals surface area contributed by atoms with E-state index in [2.05, 4.69) is 0 Å². The Labute approximate surface area is 112 Å². The van der Waals surface area contributed by atoms with Gasteiger partial charge in [0.15, 0.2) is 6.29 Å². The molecule has 2 aliphatic heterocycles. The van der Waals surface area contributed by atoms with Gasteiger partial charge in [0.2, 0.25) is 0 Å². The fraction of sp³-hybridized carbons (Fsp3) is 0.571. The van der Waals surface area contributed by atoms with E-state index in [0.29, 0.717) is 13.2 Å². The smallest absolute Gasteiger partial charge is 0.186 e. The number of hydrogen-bond acceptors (Lipinski definition) is 5. The van der Waals surface area contributed by atoms with Crippen molar-refractivity contribution in [1.29, 1.82) is 0 Å². The minimum absolute atomic E-state index is 0.134. The summed E-state index contributed by atoms with van der Waals surface area (Å²) in [7, 11) is 1.57. The van der Waals surface area contributed by atoms with Gasteiger partial charge in [0.1, 0.15) is 24.4 Å². The molecule has 0 radical (unpaired) electrons. The first-order valence-corrected chi connectivity index (χ1v) is 6.43. The summed E-state index contributed by atoms with van der Waals surface area (Å²) in [6.07, 6.45) is -1.77. The van der Waals surface area contributed by atoms with Crippen LogP contribution in [0.1, 0.15) is 5.56 Å². The predicted octanol–water partition coefficient (Wildman–Crippen LogP) is 0.703. The van der Waals surface area contributed by atoms with Crippen LogP contribution in [0.3, 0.4) is 0 Å². The number of epoxide rings is 1. The Morgan fingerprint density at radius 3 is 2.68 bits per heavy atom. The number of hydrogen-bond donors (Lipinski definition) is 1. The van der Waals surface area contributed by atoms with E-state index in [9.17, 15) is 5.11 Å². The molecule has 1 N–H and O–H groups in total. The second-order valence-electron chi connectivity index (χ2n) is 4.84. The third-order valence-electron chi connectivity index (χ3n) is 3.48. The van der Waals surface area contributed by atoms with Crippen LogP contribution in [-0.2, 0) is 25.6 Å². The number of methoxy groups -OCH3 is 1. The number of ether oxygens (including phenoxy) is 4. The molecule has 5 nitrogen and oxygen atoms in total. The minimum Gasteiger partial charge on any atom is -0.387 e. The molecule has 2 saturated heterocycles. The molecule has 1 aromatic rings. The van der Waals surface area contributed by atoms with Gasteiger partial charge in [-0.15, -0.1) is 0 Å². The van der Waals surface area contributed by atoms with Crippen molar-refractivity contribution in [2.45, 2.75) is 37.3 Å². The van der Waals surface area contributed by atoms with Crippen LogP contribution in [0, 0.1) is 0 Å². The molecular weight excluding hydrogens is 248 g/mol. The standard InChI is InChI=1S/C14H18O5/c1-16-14-13-12(19-13)11(15)10(18-14)8-17-7-9-5-3-2-4-6-9/h2-6,10-15H,7-8H2,1H3/t10-,11+,12-,13-,14+/m1/s1. The van der Waals surface area contributed by atoms with Crippen LogP contribution < -0.4 is 0 Å². The van der Waals surface area contributed by atoms with Crippen molar-refractivity contribution in [3.8, 4) is 0 Å². The van der Waals surface area contributed by atoms with Gasteiger partial charge in [-0.05, 0) is 5.56 Å². The lowest BCUT2D eigenvalue weighted by Crippen LogP contribution is -2.47. The fourth-order valence-electron chi connectivity index (χ4n) is 2.37. The highest BCUT2D eigenvalue weighted by molar-refractivity contribution is 5.13. The SMILES string of the molecule is CO[C@H]1O[C@H](COCc2ccccc2)[C@H](O)[C@H]2O[C@@H]12. The lowest BCUT2D eigenvalue weighted by atomic mass is 10.1. The molecule has 0 aromatic heterocycles. The highest BCUT2D eigenvalue weighted by Crippen LogP contribution is 2.37. The molecule has 0 bridgehead atoms. The van der Waals surface area contributed by atoms with Crippen molar-refractivity contribution in [3.63, 3.8) is 0 Å². The Hall–Kier alpha value is -0.980. The van der Waals surface area contributed by atoms with E-state index in [0.717, 1.165) is 5.56 Å². The Balaban J connectivity index is 1.49. The van der Waals surface area contributed by atoms with Crippen molar-refractivity contribution in [2.24, 2.45) is 0 Å². The maximum Gasteiger partial charge on any atom is 0.186 e. The third kappa shape index (κ3) is 2.80. The van der Waals surface area contributed by atoms with Crippen LogP contribution in [-0.4, -0.2) is 49.5 Å². The maximum atomic E-state index is 10.0. The minimum atomic E-state index is -0.646. The first-order chi connectivity index (χ1) is 9.29. The molecule has 0 amide bonds. The van der Waals surface area contributed by atoms with Gasteiger partial charge >= 0.3 is 0 Å². The second kappa shape index (κ2) is 5.56. The summed E-state index contributed by atoms with van der Waals surface area (Å²) >= 11 is 0. The van der Waals surface area contributed by atoms with Crippen LogP contribution in [0.4, 0.5) is 0 Å². The van der Waals surface area contributed by atoms with Gasteiger partial charge in [-0.1, -0.05) is 30.3 Å². The maximum absolute atomic E-state index is 10.0. The van der Waals surface area contributed by atoms with Gasteiger partial charge < -0.3 is 24.1 Å². The molecule has 1 aromatic carbocycles. The third-order valence-corrected chi connectivity index (χ3v) is 3.48. The Morgan fingerprint density at radius 2 is 1.95 bits per heavy atom. The summed E-state index contributed by atoms with van der Waals surface area (Å²) in [5.41, 5.74) is 1.09. The summed E-state index contributed by atoms with van der Waals surface area (Å²) in [5.74, 6) is 0. The van der Waals surface area contributed by atoms with E-state index in [1.165, 1.54) is 0 Å². The topological polar surface area (TPSA) is 60.5 Å². The second-order valence-corrected chi connectivity index (χ2v) is 4.84.